The molecular weight excluding hydrogens is 140 g/mol. The van der Waals surface area contributed by atoms with E-state index in [-0.39, 0.29) is 11.9 Å². The van der Waals surface area contributed by atoms with Gasteiger partial charge in [-0.1, -0.05) is 6.92 Å². The van der Waals surface area contributed by atoms with Crippen molar-refractivity contribution in [2.75, 3.05) is 13.1 Å². The largest absolute Gasteiger partial charge is 0.339 e. The third-order valence-electron chi connectivity index (χ3n) is 2.78. The minimum absolute atomic E-state index is 0.143. The van der Waals surface area contributed by atoms with Gasteiger partial charge in [-0.3, -0.25) is 4.79 Å². The van der Waals surface area contributed by atoms with Crippen LogP contribution in [0.3, 0.4) is 0 Å². The number of nitrogens with zero attached hydrogens (tertiary/aromatic N) is 1. The lowest BCUT2D eigenvalue weighted by Crippen LogP contribution is -2.61. The maximum Gasteiger partial charge on any atom is 0.241 e. The van der Waals surface area contributed by atoms with Crippen molar-refractivity contribution in [3.63, 3.8) is 0 Å². The molecule has 1 saturated heterocycles. The van der Waals surface area contributed by atoms with E-state index in [9.17, 15) is 4.79 Å². The Balaban J connectivity index is 1.77. The Hall–Kier alpha value is -0.570. The molecular formula is C8H14N2O. The Labute approximate surface area is 66.5 Å². The third kappa shape index (κ3) is 1.13. The maximum absolute atomic E-state index is 11.0. The molecule has 62 valence electrons. The maximum atomic E-state index is 11.0. The second-order valence-electron chi connectivity index (χ2n) is 3.82. The highest BCUT2D eigenvalue weighted by atomic mass is 16.2. The van der Waals surface area contributed by atoms with Crippen LogP contribution in [0.15, 0.2) is 0 Å². The number of nitrogens with two attached hydrogens (primary N) is 1. The Kier molecular flexibility index (Phi) is 1.42. The molecule has 1 saturated carbocycles. The van der Waals surface area contributed by atoms with Crippen molar-refractivity contribution in [1.82, 2.24) is 4.90 Å². The monoisotopic (exact) mass is 154 g/mol. The summed E-state index contributed by atoms with van der Waals surface area (Å²) < 4.78 is 0. The molecule has 1 amide bonds. The fraction of sp³-hybridized carbons (Fsp3) is 0.875. The summed E-state index contributed by atoms with van der Waals surface area (Å²) in [6, 6.07) is -0.191. The van der Waals surface area contributed by atoms with Crippen molar-refractivity contribution in [2.45, 2.75) is 19.4 Å². The molecule has 3 unspecified atom stereocenters. The van der Waals surface area contributed by atoms with E-state index in [1.165, 1.54) is 6.42 Å². The molecule has 0 aromatic heterocycles. The summed E-state index contributed by atoms with van der Waals surface area (Å²) in [4.78, 5) is 12.9. The summed E-state index contributed by atoms with van der Waals surface area (Å²) in [7, 11) is 0. The van der Waals surface area contributed by atoms with Crippen molar-refractivity contribution in [1.29, 1.82) is 0 Å². The number of carbonyl (C=O) groups is 1. The number of β-lactam (4-membered cyclic amide) rings is 1. The molecule has 2 aliphatic rings. The molecule has 3 atom stereocenters. The average Bonchev–Trinajstić information content (AvgIpc) is 2.66. The fourth-order valence-corrected chi connectivity index (χ4v) is 1.63. The van der Waals surface area contributed by atoms with Gasteiger partial charge in [0.2, 0.25) is 5.91 Å². The fourth-order valence-electron chi connectivity index (χ4n) is 1.63. The summed E-state index contributed by atoms with van der Waals surface area (Å²) in [6.45, 7) is 3.96. The van der Waals surface area contributed by atoms with Gasteiger partial charge in [-0.25, -0.2) is 0 Å². The lowest BCUT2D eigenvalue weighted by Gasteiger charge is -2.36. The van der Waals surface area contributed by atoms with E-state index in [0.717, 1.165) is 24.9 Å². The van der Waals surface area contributed by atoms with E-state index in [2.05, 4.69) is 6.92 Å². The molecule has 1 heterocycles. The molecule has 11 heavy (non-hydrogen) atoms. The number of rotatable bonds is 2. The quantitative estimate of drug-likeness (QED) is 0.560. The predicted molar refractivity (Wildman–Crippen MR) is 41.8 cm³/mol. The molecule has 0 spiro atoms. The molecule has 0 bridgehead atoms. The topological polar surface area (TPSA) is 46.3 Å². The summed E-state index contributed by atoms with van der Waals surface area (Å²) in [6.07, 6.45) is 1.29. The number of amides is 1. The highest BCUT2D eigenvalue weighted by Gasteiger charge is 2.40. The van der Waals surface area contributed by atoms with Gasteiger partial charge in [0.05, 0.1) is 0 Å². The third-order valence-corrected chi connectivity index (χ3v) is 2.78. The van der Waals surface area contributed by atoms with Gasteiger partial charge in [-0.15, -0.1) is 0 Å². The number of hydrogen-bond acceptors (Lipinski definition) is 2. The number of carbonyl (C=O) groups excluding carboxylic acids is 1. The zero-order chi connectivity index (χ0) is 8.01. The molecule has 2 rings (SSSR count). The Morgan fingerprint density at radius 3 is 2.73 bits per heavy atom. The van der Waals surface area contributed by atoms with Crippen LogP contribution < -0.4 is 5.73 Å². The van der Waals surface area contributed by atoms with Gasteiger partial charge < -0.3 is 10.6 Å². The molecule has 3 heteroatoms. The summed E-state index contributed by atoms with van der Waals surface area (Å²) in [5.74, 6) is 1.75. The Bertz CT molecular complexity index is 193. The minimum Gasteiger partial charge on any atom is -0.339 e. The average molecular weight is 154 g/mol. The van der Waals surface area contributed by atoms with E-state index >= 15 is 0 Å². The molecule has 3 nitrogen and oxygen atoms in total. The zero-order valence-corrected chi connectivity index (χ0v) is 6.79. The first-order valence-electron chi connectivity index (χ1n) is 4.23. The smallest absolute Gasteiger partial charge is 0.241 e. The van der Waals surface area contributed by atoms with E-state index in [1.807, 2.05) is 4.90 Å². The molecule has 1 aliphatic carbocycles. The van der Waals surface area contributed by atoms with Crippen molar-refractivity contribution >= 4 is 5.91 Å². The van der Waals surface area contributed by atoms with Crippen LogP contribution in [0, 0.1) is 11.8 Å². The van der Waals surface area contributed by atoms with Crippen LogP contribution >= 0.6 is 0 Å². The molecule has 2 N–H and O–H groups in total. The summed E-state index contributed by atoms with van der Waals surface area (Å²) >= 11 is 0. The molecule has 0 aromatic carbocycles. The van der Waals surface area contributed by atoms with Crippen molar-refractivity contribution in [3.05, 3.63) is 0 Å². The van der Waals surface area contributed by atoms with Gasteiger partial charge in [0.25, 0.3) is 0 Å². The second-order valence-corrected chi connectivity index (χ2v) is 3.82. The second kappa shape index (κ2) is 2.21. The van der Waals surface area contributed by atoms with Crippen LogP contribution in [0.2, 0.25) is 0 Å². The standard InChI is InChI=1S/C8H14N2O/c1-5-2-6(5)3-10-4-7(9)8(10)11/h5-7H,2-4,9H2,1H3. The SMILES string of the molecule is CC1CC1CN1CC(N)C1=O. The van der Waals surface area contributed by atoms with Crippen LogP contribution in [0.1, 0.15) is 13.3 Å². The first-order chi connectivity index (χ1) is 5.18. The van der Waals surface area contributed by atoms with Crippen LogP contribution in [0.4, 0.5) is 0 Å². The zero-order valence-electron chi connectivity index (χ0n) is 6.79. The number of likely N-dealkylation sites (tertiary alicyclic amines) is 1. The van der Waals surface area contributed by atoms with Crippen LogP contribution in [-0.2, 0) is 4.79 Å². The van der Waals surface area contributed by atoms with Crippen molar-refractivity contribution < 1.29 is 4.79 Å². The van der Waals surface area contributed by atoms with Gasteiger partial charge in [0.15, 0.2) is 0 Å². The highest BCUT2D eigenvalue weighted by molar-refractivity contribution is 5.87. The minimum atomic E-state index is -0.191. The highest BCUT2D eigenvalue weighted by Crippen LogP contribution is 2.38. The summed E-state index contributed by atoms with van der Waals surface area (Å²) in [5, 5.41) is 0. The van der Waals surface area contributed by atoms with Crippen LogP contribution in [0.5, 0.6) is 0 Å². The van der Waals surface area contributed by atoms with Gasteiger partial charge in [0.1, 0.15) is 6.04 Å². The van der Waals surface area contributed by atoms with E-state index in [0.29, 0.717) is 0 Å². The Morgan fingerprint density at radius 2 is 2.36 bits per heavy atom. The van der Waals surface area contributed by atoms with Gasteiger partial charge in [-0.05, 0) is 18.3 Å². The summed E-state index contributed by atoms with van der Waals surface area (Å²) in [5.41, 5.74) is 5.45. The lowest BCUT2D eigenvalue weighted by molar-refractivity contribution is -0.142. The molecule has 1 aliphatic heterocycles. The molecule has 0 radical (unpaired) electrons. The first-order valence-corrected chi connectivity index (χ1v) is 4.23. The van der Waals surface area contributed by atoms with Gasteiger partial charge >= 0.3 is 0 Å². The van der Waals surface area contributed by atoms with Crippen molar-refractivity contribution in [3.8, 4) is 0 Å². The van der Waals surface area contributed by atoms with Crippen molar-refractivity contribution in [2.24, 2.45) is 17.6 Å². The van der Waals surface area contributed by atoms with Crippen LogP contribution in [0.25, 0.3) is 0 Å². The number of hydrogen-bond donors (Lipinski definition) is 1. The van der Waals surface area contributed by atoms with E-state index in [4.69, 9.17) is 5.73 Å². The predicted octanol–water partition coefficient (Wildman–Crippen LogP) is -0.188. The van der Waals surface area contributed by atoms with Gasteiger partial charge in [0, 0.05) is 13.1 Å². The Morgan fingerprint density at radius 1 is 1.73 bits per heavy atom. The molecule has 0 aromatic rings. The lowest BCUT2D eigenvalue weighted by atomic mass is 10.1. The van der Waals surface area contributed by atoms with Crippen LogP contribution in [-0.4, -0.2) is 29.9 Å². The molecule has 2 fully saturated rings. The first kappa shape index (κ1) is 7.10. The van der Waals surface area contributed by atoms with E-state index in [1.54, 1.807) is 0 Å². The van der Waals surface area contributed by atoms with Gasteiger partial charge in [-0.2, -0.15) is 0 Å². The van der Waals surface area contributed by atoms with E-state index < -0.39 is 0 Å². The normalized spacial score (nSPS) is 42.2.